The van der Waals surface area contributed by atoms with Gasteiger partial charge in [0.25, 0.3) is 11.7 Å². The van der Waals surface area contributed by atoms with Crippen LogP contribution in [0, 0.1) is 5.82 Å². The van der Waals surface area contributed by atoms with Crippen LogP contribution in [0.1, 0.15) is 23.6 Å². The quantitative estimate of drug-likeness (QED) is 0.410. The lowest BCUT2D eigenvalue weighted by Crippen LogP contribution is -2.31. The third kappa shape index (κ3) is 3.86. The van der Waals surface area contributed by atoms with Crippen LogP contribution in [0.3, 0.4) is 0 Å². The molecule has 7 nitrogen and oxygen atoms in total. The maximum absolute atomic E-state index is 14.2. The number of hydrogen-bond acceptors (Lipinski definition) is 6. The highest BCUT2D eigenvalue weighted by atomic mass is 19.1. The number of carbonyl (C=O) groups excluding carboxylic acids is 2. The van der Waals surface area contributed by atoms with E-state index in [1.165, 1.54) is 31.3 Å². The Balaban J connectivity index is 2.14. The first-order valence-corrected chi connectivity index (χ1v) is 9.30. The molecule has 30 heavy (non-hydrogen) atoms. The molecule has 1 unspecified atom stereocenters. The van der Waals surface area contributed by atoms with Crippen LogP contribution in [0.2, 0.25) is 0 Å². The molecule has 2 aromatic carbocycles. The van der Waals surface area contributed by atoms with E-state index in [-0.39, 0.29) is 36.5 Å². The van der Waals surface area contributed by atoms with Gasteiger partial charge in [-0.25, -0.2) is 4.39 Å². The molecule has 0 bridgehead atoms. The lowest BCUT2D eigenvalue weighted by atomic mass is 9.95. The van der Waals surface area contributed by atoms with Crippen LogP contribution in [-0.2, 0) is 9.59 Å². The van der Waals surface area contributed by atoms with E-state index in [1.807, 2.05) is 0 Å². The van der Waals surface area contributed by atoms with E-state index in [4.69, 9.17) is 9.47 Å². The van der Waals surface area contributed by atoms with Gasteiger partial charge < -0.3 is 24.6 Å². The molecule has 2 N–H and O–H groups in total. The van der Waals surface area contributed by atoms with E-state index >= 15 is 0 Å². The molecule has 8 heteroatoms. The van der Waals surface area contributed by atoms with Crippen LogP contribution in [0.15, 0.2) is 48.0 Å². The van der Waals surface area contributed by atoms with E-state index in [0.29, 0.717) is 11.3 Å². The molecule has 0 aliphatic carbocycles. The van der Waals surface area contributed by atoms with Gasteiger partial charge in [-0.15, -0.1) is 0 Å². The summed E-state index contributed by atoms with van der Waals surface area (Å²) >= 11 is 0. The maximum Gasteiger partial charge on any atom is 0.295 e. The monoisotopic (exact) mass is 415 g/mol. The van der Waals surface area contributed by atoms with Crippen molar-refractivity contribution in [2.45, 2.75) is 12.5 Å². The number of halogens is 1. The molecule has 1 fully saturated rings. The molecule has 0 spiro atoms. The number of rotatable bonds is 7. The molecule has 1 aliphatic heterocycles. The number of nitrogens with zero attached hydrogens (tertiary/aromatic N) is 1. The number of likely N-dealkylation sites (tertiary alicyclic amines) is 1. The number of ketones is 1. The number of carbonyl (C=O) groups is 2. The number of aliphatic hydroxyl groups is 2. The number of aliphatic hydroxyl groups excluding tert-OH is 2. The molecule has 1 saturated heterocycles. The van der Waals surface area contributed by atoms with Crippen LogP contribution in [0.4, 0.5) is 4.39 Å². The smallest absolute Gasteiger partial charge is 0.295 e. The third-order valence-corrected chi connectivity index (χ3v) is 4.95. The van der Waals surface area contributed by atoms with Gasteiger partial charge in [-0.05, 0) is 42.3 Å². The number of hydrogen-bond donors (Lipinski definition) is 2. The van der Waals surface area contributed by atoms with Gasteiger partial charge in [0.1, 0.15) is 11.5 Å². The van der Waals surface area contributed by atoms with Crippen molar-refractivity contribution in [3.63, 3.8) is 0 Å². The Morgan fingerprint density at radius 2 is 1.80 bits per heavy atom. The lowest BCUT2D eigenvalue weighted by Gasteiger charge is -2.25. The van der Waals surface area contributed by atoms with Crippen molar-refractivity contribution in [1.82, 2.24) is 4.90 Å². The fourth-order valence-corrected chi connectivity index (χ4v) is 3.45. The molecular formula is C22H22FNO6. The van der Waals surface area contributed by atoms with Gasteiger partial charge in [-0.3, -0.25) is 9.59 Å². The molecule has 0 aromatic heterocycles. The lowest BCUT2D eigenvalue weighted by molar-refractivity contribution is -0.140. The van der Waals surface area contributed by atoms with Crippen molar-refractivity contribution in [2.75, 3.05) is 27.4 Å². The SMILES string of the molecule is COc1ccc(C2/C(=C(/O)c3ccc(OC)c(F)c3)C(=O)C(=O)N2CCCO)cc1. The normalized spacial score (nSPS) is 18.0. The van der Waals surface area contributed by atoms with Crippen LogP contribution in [-0.4, -0.2) is 54.2 Å². The molecule has 1 atom stereocenters. The molecule has 3 rings (SSSR count). The first-order valence-electron chi connectivity index (χ1n) is 9.30. The Kier molecular flexibility index (Phi) is 6.37. The topological polar surface area (TPSA) is 96.3 Å². The second-order valence-corrected chi connectivity index (χ2v) is 6.69. The summed E-state index contributed by atoms with van der Waals surface area (Å²) in [4.78, 5) is 26.8. The molecular weight excluding hydrogens is 393 g/mol. The Morgan fingerprint density at radius 3 is 2.37 bits per heavy atom. The highest BCUT2D eigenvalue weighted by molar-refractivity contribution is 6.46. The maximum atomic E-state index is 14.2. The van der Waals surface area contributed by atoms with E-state index < -0.39 is 29.3 Å². The minimum absolute atomic E-state index is 0.0124. The van der Waals surface area contributed by atoms with Crippen LogP contribution >= 0.6 is 0 Å². The second kappa shape index (κ2) is 8.96. The van der Waals surface area contributed by atoms with Gasteiger partial charge in [-0.1, -0.05) is 12.1 Å². The third-order valence-electron chi connectivity index (χ3n) is 4.95. The first kappa shape index (κ1) is 21.3. The molecule has 1 amide bonds. The van der Waals surface area contributed by atoms with Crippen molar-refractivity contribution in [3.8, 4) is 11.5 Å². The molecule has 2 aromatic rings. The molecule has 1 heterocycles. The van der Waals surface area contributed by atoms with Crippen molar-refractivity contribution in [1.29, 1.82) is 0 Å². The summed E-state index contributed by atoms with van der Waals surface area (Å²) in [5, 5.41) is 20.1. The van der Waals surface area contributed by atoms with Crippen molar-refractivity contribution < 1.29 is 33.7 Å². The summed E-state index contributed by atoms with van der Waals surface area (Å²) in [6.07, 6.45) is 0.261. The summed E-state index contributed by atoms with van der Waals surface area (Å²) in [5.41, 5.74) is 0.475. The predicted molar refractivity (Wildman–Crippen MR) is 107 cm³/mol. The highest BCUT2D eigenvalue weighted by Gasteiger charge is 2.45. The van der Waals surface area contributed by atoms with Gasteiger partial charge in [0, 0.05) is 18.7 Å². The number of methoxy groups -OCH3 is 2. The van der Waals surface area contributed by atoms with Crippen LogP contribution in [0.25, 0.3) is 5.76 Å². The fraction of sp³-hybridized carbons (Fsp3) is 0.273. The predicted octanol–water partition coefficient (Wildman–Crippen LogP) is 2.65. The van der Waals surface area contributed by atoms with Crippen molar-refractivity contribution >= 4 is 17.4 Å². The van der Waals surface area contributed by atoms with Gasteiger partial charge >= 0.3 is 0 Å². The Labute approximate surface area is 173 Å². The van der Waals surface area contributed by atoms with E-state index in [0.717, 1.165) is 6.07 Å². The van der Waals surface area contributed by atoms with Gasteiger partial charge in [-0.2, -0.15) is 0 Å². The molecule has 0 radical (unpaired) electrons. The molecule has 0 saturated carbocycles. The first-order chi connectivity index (χ1) is 14.4. The average Bonchev–Trinajstić information content (AvgIpc) is 3.01. The van der Waals surface area contributed by atoms with E-state index in [9.17, 15) is 24.2 Å². The van der Waals surface area contributed by atoms with E-state index in [1.54, 1.807) is 24.3 Å². The van der Waals surface area contributed by atoms with E-state index in [2.05, 4.69) is 0 Å². The summed E-state index contributed by atoms with van der Waals surface area (Å²) in [5.74, 6) is -2.29. The largest absolute Gasteiger partial charge is 0.507 e. The average molecular weight is 415 g/mol. The number of ether oxygens (including phenoxy) is 2. The second-order valence-electron chi connectivity index (χ2n) is 6.69. The fourth-order valence-electron chi connectivity index (χ4n) is 3.45. The molecule has 158 valence electrons. The zero-order valence-electron chi connectivity index (χ0n) is 16.6. The number of amides is 1. The van der Waals surface area contributed by atoms with Gasteiger partial charge in [0.15, 0.2) is 11.6 Å². The number of Topliss-reactive ketones (excluding diaryl/α,β-unsaturated/α-hetero) is 1. The summed E-state index contributed by atoms with van der Waals surface area (Å²) in [6.45, 7) is -0.0481. The minimum atomic E-state index is -0.882. The molecule has 1 aliphatic rings. The number of benzene rings is 2. The summed E-state index contributed by atoms with van der Waals surface area (Å²) in [7, 11) is 2.83. The zero-order valence-corrected chi connectivity index (χ0v) is 16.6. The Hall–Kier alpha value is -3.39. The standard InChI is InChI=1S/C22H22FNO6/c1-29-15-7-4-13(5-8-15)19-18(21(27)22(28)24(19)10-3-11-25)20(26)14-6-9-17(30-2)16(23)12-14/h4-9,12,19,25-26H,3,10-11H2,1-2H3/b20-18-. The van der Waals surface area contributed by atoms with Crippen molar-refractivity contribution in [3.05, 3.63) is 65.0 Å². The van der Waals surface area contributed by atoms with Crippen molar-refractivity contribution in [2.24, 2.45) is 0 Å². The minimum Gasteiger partial charge on any atom is -0.507 e. The van der Waals surface area contributed by atoms with Crippen LogP contribution in [0.5, 0.6) is 11.5 Å². The summed E-state index contributed by atoms with van der Waals surface area (Å²) in [6, 6.07) is 9.61. The van der Waals surface area contributed by atoms with Crippen LogP contribution < -0.4 is 9.47 Å². The Bertz CT molecular complexity index is 986. The summed E-state index contributed by atoms with van der Waals surface area (Å²) < 4.78 is 24.2. The zero-order chi connectivity index (χ0) is 21.8. The highest BCUT2D eigenvalue weighted by Crippen LogP contribution is 2.40. The Morgan fingerprint density at radius 1 is 1.10 bits per heavy atom. The van der Waals surface area contributed by atoms with Gasteiger partial charge in [0.05, 0.1) is 25.8 Å². The van der Waals surface area contributed by atoms with Gasteiger partial charge in [0.2, 0.25) is 0 Å².